The van der Waals surface area contributed by atoms with Gasteiger partial charge in [0.2, 0.25) is 0 Å². The second-order valence-corrected chi connectivity index (χ2v) is 5.00. The number of benzene rings is 2. The second-order valence-electron chi connectivity index (χ2n) is 5.00. The lowest BCUT2D eigenvalue weighted by Crippen LogP contribution is -2.33. The first kappa shape index (κ1) is 15.8. The van der Waals surface area contributed by atoms with E-state index < -0.39 is 0 Å². The van der Waals surface area contributed by atoms with Gasteiger partial charge in [0.1, 0.15) is 0 Å². The van der Waals surface area contributed by atoms with E-state index in [1.54, 1.807) is 0 Å². The van der Waals surface area contributed by atoms with E-state index in [9.17, 15) is 4.79 Å². The Morgan fingerprint density at radius 2 is 1.64 bits per heavy atom. The molecule has 0 unspecified atom stereocenters. The molecule has 2 rings (SSSR count). The van der Waals surface area contributed by atoms with Crippen LogP contribution in [0.25, 0.3) is 0 Å². The number of para-hydroxylation sites is 1. The third-order valence-corrected chi connectivity index (χ3v) is 3.34. The van der Waals surface area contributed by atoms with Crippen molar-refractivity contribution >= 4 is 17.3 Å². The molecule has 0 radical (unpaired) electrons. The van der Waals surface area contributed by atoms with Gasteiger partial charge < -0.3 is 4.90 Å². The van der Waals surface area contributed by atoms with E-state index in [0.29, 0.717) is 0 Å². The summed E-state index contributed by atoms with van der Waals surface area (Å²) < 4.78 is 0. The molecule has 22 heavy (non-hydrogen) atoms. The first-order valence-electron chi connectivity index (χ1n) is 7.37. The van der Waals surface area contributed by atoms with Crippen LogP contribution in [-0.4, -0.2) is 25.2 Å². The molecule has 1 amide bonds. The summed E-state index contributed by atoms with van der Waals surface area (Å²) in [6.45, 7) is 2.29. The van der Waals surface area contributed by atoms with Gasteiger partial charge in [0.15, 0.2) is 0 Å². The van der Waals surface area contributed by atoms with Crippen LogP contribution >= 0.6 is 0 Å². The van der Waals surface area contributed by atoms with E-state index in [4.69, 9.17) is 0 Å². The zero-order valence-corrected chi connectivity index (χ0v) is 13.0. The van der Waals surface area contributed by atoms with Crippen LogP contribution in [0.5, 0.6) is 0 Å². The Kier molecular flexibility index (Phi) is 5.72. The lowest BCUT2D eigenvalue weighted by Gasteiger charge is -2.17. The Balaban J connectivity index is 1.95. The Bertz CT molecular complexity index is 623. The van der Waals surface area contributed by atoms with Crippen molar-refractivity contribution in [2.75, 3.05) is 18.5 Å². The van der Waals surface area contributed by atoms with Crippen molar-refractivity contribution < 1.29 is 4.79 Å². The molecule has 0 saturated heterocycles. The van der Waals surface area contributed by atoms with Gasteiger partial charge in [-0.3, -0.25) is 4.79 Å². The number of anilines is 1. The molecule has 0 aliphatic carbocycles. The minimum absolute atomic E-state index is 0.131. The van der Waals surface area contributed by atoms with Gasteiger partial charge >= 0.3 is 0 Å². The molecule has 0 atom stereocenters. The van der Waals surface area contributed by atoms with Gasteiger partial charge in [0.05, 0.1) is 12.3 Å². The number of rotatable bonds is 6. The minimum atomic E-state index is -0.131. The monoisotopic (exact) mass is 295 g/mol. The Hall–Kier alpha value is -2.62. The van der Waals surface area contributed by atoms with Crippen LogP contribution < -0.4 is 10.3 Å². The summed E-state index contributed by atoms with van der Waals surface area (Å²) in [5, 5.41) is 4.25. The molecule has 0 fully saturated rings. The number of nitrogens with one attached hydrogen (secondary N) is 1. The van der Waals surface area contributed by atoms with Crippen LogP contribution in [0.1, 0.15) is 18.9 Å². The van der Waals surface area contributed by atoms with Gasteiger partial charge in [-0.15, -0.1) is 0 Å². The molecule has 2 aromatic carbocycles. The van der Waals surface area contributed by atoms with E-state index in [1.165, 1.54) is 0 Å². The largest absolute Gasteiger partial charge is 0.365 e. The van der Waals surface area contributed by atoms with Crippen molar-refractivity contribution in [1.82, 2.24) is 5.43 Å². The maximum absolute atomic E-state index is 12.0. The summed E-state index contributed by atoms with van der Waals surface area (Å²) in [5.41, 5.74) is 5.54. The second kappa shape index (κ2) is 7.98. The van der Waals surface area contributed by atoms with Crippen LogP contribution in [0.2, 0.25) is 0 Å². The molecule has 4 nitrogen and oxygen atoms in total. The smallest absolute Gasteiger partial charge is 0.259 e. The number of carbonyl (C=O) groups excluding carboxylic acids is 1. The highest BCUT2D eigenvalue weighted by molar-refractivity contribution is 6.01. The summed E-state index contributed by atoms with van der Waals surface area (Å²) in [7, 11) is 1.89. The number of nitrogens with zero attached hydrogens (tertiary/aromatic N) is 2. The lowest BCUT2D eigenvalue weighted by atomic mass is 10.1. The molecular weight excluding hydrogens is 274 g/mol. The molecule has 0 aliphatic rings. The highest BCUT2D eigenvalue weighted by Gasteiger charge is 2.07. The van der Waals surface area contributed by atoms with E-state index in [2.05, 4.69) is 10.5 Å². The Morgan fingerprint density at radius 1 is 1.05 bits per heavy atom. The molecule has 0 aromatic heterocycles. The van der Waals surface area contributed by atoms with Gasteiger partial charge in [0, 0.05) is 12.7 Å². The van der Waals surface area contributed by atoms with E-state index in [-0.39, 0.29) is 12.5 Å². The number of hydrazone groups is 1. The number of likely N-dealkylation sites (N-methyl/N-ethyl adjacent to an activating group) is 1. The van der Waals surface area contributed by atoms with E-state index in [0.717, 1.165) is 23.4 Å². The van der Waals surface area contributed by atoms with E-state index in [1.807, 2.05) is 79.5 Å². The van der Waals surface area contributed by atoms with Crippen molar-refractivity contribution in [1.29, 1.82) is 0 Å². The van der Waals surface area contributed by atoms with Crippen LogP contribution in [0.15, 0.2) is 65.8 Å². The average molecular weight is 295 g/mol. The maximum atomic E-state index is 12.0. The van der Waals surface area contributed by atoms with Gasteiger partial charge in [-0.25, -0.2) is 5.43 Å². The SMILES string of the molecule is CC/C(=N\NC(=O)CN(C)c1ccccc1)c1ccccc1. The topological polar surface area (TPSA) is 44.7 Å². The fraction of sp³-hybridized carbons (Fsp3) is 0.222. The molecule has 0 saturated carbocycles. The number of carbonyl (C=O) groups is 1. The first-order chi connectivity index (χ1) is 10.7. The highest BCUT2D eigenvalue weighted by Crippen LogP contribution is 2.10. The number of hydrogen-bond donors (Lipinski definition) is 1. The third-order valence-electron chi connectivity index (χ3n) is 3.34. The van der Waals surface area contributed by atoms with Gasteiger partial charge in [-0.05, 0) is 24.1 Å². The number of hydrogen-bond acceptors (Lipinski definition) is 3. The molecular formula is C18H21N3O. The molecule has 0 heterocycles. The zero-order valence-electron chi connectivity index (χ0n) is 13.0. The lowest BCUT2D eigenvalue weighted by molar-refractivity contribution is -0.119. The number of amides is 1. The first-order valence-corrected chi connectivity index (χ1v) is 7.37. The minimum Gasteiger partial charge on any atom is -0.365 e. The van der Waals surface area contributed by atoms with Crippen molar-refractivity contribution in [3.8, 4) is 0 Å². The van der Waals surface area contributed by atoms with Crippen molar-refractivity contribution in [2.24, 2.45) is 5.10 Å². The summed E-state index contributed by atoms with van der Waals surface area (Å²) >= 11 is 0. The van der Waals surface area contributed by atoms with E-state index >= 15 is 0 Å². The third kappa shape index (κ3) is 4.45. The molecule has 0 bridgehead atoms. The Morgan fingerprint density at radius 3 is 2.23 bits per heavy atom. The van der Waals surface area contributed by atoms with Crippen LogP contribution in [0.4, 0.5) is 5.69 Å². The predicted octanol–water partition coefficient (Wildman–Crippen LogP) is 3.05. The maximum Gasteiger partial charge on any atom is 0.259 e. The predicted molar refractivity (Wildman–Crippen MR) is 91.1 cm³/mol. The summed E-state index contributed by atoms with van der Waals surface area (Å²) in [6, 6.07) is 19.7. The summed E-state index contributed by atoms with van der Waals surface area (Å²) in [4.78, 5) is 13.9. The van der Waals surface area contributed by atoms with Crippen molar-refractivity contribution in [3.05, 3.63) is 66.2 Å². The zero-order chi connectivity index (χ0) is 15.8. The van der Waals surface area contributed by atoms with Gasteiger partial charge in [0.25, 0.3) is 5.91 Å². The average Bonchev–Trinajstić information content (AvgIpc) is 2.57. The van der Waals surface area contributed by atoms with Crippen molar-refractivity contribution in [3.63, 3.8) is 0 Å². The normalized spacial score (nSPS) is 11.1. The molecule has 0 aliphatic heterocycles. The molecule has 114 valence electrons. The summed E-state index contributed by atoms with van der Waals surface area (Å²) in [6.07, 6.45) is 0.763. The summed E-state index contributed by atoms with van der Waals surface area (Å²) in [5.74, 6) is -0.131. The van der Waals surface area contributed by atoms with Crippen LogP contribution in [0, 0.1) is 0 Å². The van der Waals surface area contributed by atoms with Gasteiger partial charge in [-0.2, -0.15) is 5.10 Å². The quantitative estimate of drug-likeness (QED) is 0.657. The molecule has 2 aromatic rings. The fourth-order valence-corrected chi connectivity index (χ4v) is 2.13. The van der Waals surface area contributed by atoms with Gasteiger partial charge in [-0.1, -0.05) is 55.5 Å². The standard InChI is InChI=1S/C18H21N3O/c1-3-17(15-10-6-4-7-11-15)19-20-18(22)14-21(2)16-12-8-5-9-13-16/h4-13H,3,14H2,1-2H3,(H,20,22)/b19-17+. The fourth-order valence-electron chi connectivity index (χ4n) is 2.13. The molecule has 0 spiro atoms. The van der Waals surface area contributed by atoms with Crippen LogP contribution in [0.3, 0.4) is 0 Å². The molecule has 4 heteroatoms. The van der Waals surface area contributed by atoms with Crippen LogP contribution in [-0.2, 0) is 4.79 Å². The Labute approximate surface area is 131 Å². The van der Waals surface area contributed by atoms with Crippen molar-refractivity contribution in [2.45, 2.75) is 13.3 Å². The highest BCUT2D eigenvalue weighted by atomic mass is 16.2. The molecule has 1 N–H and O–H groups in total.